The van der Waals surface area contributed by atoms with E-state index in [1.807, 2.05) is 0 Å². The zero-order valence-corrected chi connectivity index (χ0v) is 9.86. The Labute approximate surface area is 106 Å². The summed E-state index contributed by atoms with van der Waals surface area (Å²) in [6.07, 6.45) is 0. The first-order valence-corrected chi connectivity index (χ1v) is 5.14. The van der Waals surface area contributed by atoms with E-state index >= 15 is 0 Å². The third-order valence-electron chi connectivity index (χ3n) is 2.25. The molecule has 1 N–H and O–H groups in total. The number of methoxy groups -OCH3 is 1. The fourth-order valence-electron chi connectivity index (χ4n) is 1.43. The molecule has 94 valence electrons. The Kier molecular flexibility index (Phi) is 3.20. The second-order valence-corrected chi connectivity index (χ2v) is 3.70. The summed E-state index contributed by atoms with van der Waals surface area (Å²) in [4.78, 5) is 10.7. The van der Waals surface area contributed by atoms with Crippen molar-refractivity contribution in [3.63, 3.8) is 0 Å². The molecule has 0 atom stereocenters. The molecule has 0 radical (unpaired) electrons. The van der Waals surface area contributed by atoms with Gasteiger partial charge in [-0.1, -0.05) is 16.8 Å². The largest absolute Gasteiger partial charge is 0.494 e. The fraction of sp³-hybridized carbons (Fsp3) is 0.0909. The number of aromatic carboxylic acids is 1. The zero-order valence-electron chi connectivity index (χ0n) is 9.11. The summed E-state index contributed by atoms with van der Waals surface area (Å²) in [5.74, 6) is -1.68. The molecule has 2 rings (SSSR count). The van der Waals surface area contributed by atoms with Crippen molar-refractivity contribution in [1.29, 1.82) is 0 Å². The van der Waals surface area contributed by atoms with E-state index in [-0.39, 0.29) is 22.2 Å². The van der Waals surface area contributed by atoms with Crippen LogP contribution in [0.4, 0.5) is 4.39 Å². The molecule has 7 heteroatoms. The summed E-state index contributed by atoms with van der Waals surface area (Å²) in [6.45, 7) is 0. The molecule has 1 heterocycles. The van der Waals surface area contributed by atoms with Crippen molar-refractivity contribution < 1.29 is 23.6 Å². The molecular weight excluding hydrogens is 265 g/mol. The van der Waals surface area contributed by atoms with Gasteiger partial charge in [0, 0.05) is 6.07 Å². The van der Waals surface area contributed by atoms with E-state index in [4.69, 9.17) is 26.0 Å². The number of benzene rings is 1. The number of ether oxygens (including phenoxy) is 1. The van der Waals surface area contributed by atoms with Gasteiger partial charge in [0.25, 0.3) is 0 Å². The summed E-state index contributed by atoms with van der Waals surface area (Å²) in [5.41, 5.74) is 0.0661. The number of nitrogens with zero attached hydrogens (tertiary/aromatic N) is 1. The lowest BCUT2D eigenvalue weighted by molar-refractivity contribution is 0.0686. The summed E-state index contributed by atoms with van der Waals surface area (Å²) >= 11 is 5.74. The number of hydrogen-bond acceptors (Lipinski definition) is 4. The van der Waals surface area contributed by atoms with Gasteiger partial charge in [0.15, 0.2) is 17.2 Å². The second kappa shape index (κ2) is 4.66. The van der Waals surface area contributed by atoms with Gasteiger partial charge in [-0.2, -0.15) is 0 Å². The van der Waals surface area contributed by atoms with E-state index in [0.717, 1.165) is 6.07 Å². The molecule has 1 aromatic carbocycles. The Bertz CT molecular complexity index is 611. The Balaban J connectivity index is 2.56. The number of hydrogen-bond donors (Lipinski definition) is 1. The molecule has 0 bridgehead atoms. The molecule has 2 aromatic rings. The van der Waals surface area contributed by atoms with Gasteiger partial charge in [-0.3, -0.25) is 0 Å². The second-order valence-electron chi connectivity index (χ2n) is 3.32. The number of rotatable bonds is 3. The summed E-state index contributed by atoms with van der Waals surface area (Å²) in [7, 11) is 1.32. The van der Waals surface area contributed by atoms with Crippen LogP contribution in [0.3, 0.4) is 0 Å². The zero-order chi connectivity index (χ0) is 13.3. The lowest BCUT2D eigenvalue weighted by atomic mass is 10.1. The number of carbonyl (C=O) groups is 1. The molecule has 0 saturated heterocycles. The average molecular weight is 272 g/mol. The SMILES string of the molecule is COc1c(-c2cc(C(=O)O)no2)ccc(F)c1Cl. The van der Waals surface area contributed by atoms with E-state index in [2.05, 4.69) is 5.16 Å². The minimum Gasteiger partial charge on any atom is -0.494 e. The topological polar surface area (TPSA) is 72.6 Å². The van der Waals surface area contributed by atoms with Gasteiger partial charge in [-0.25, -0.2) is 9.18 Å². The molecule has 0 aliphatic heterocycles. The Morgan fingerprint density at radius 3 is 2.83 bits per heavy atom. The standard InChI is InChI=1S/C11H7ClFNO4/c1-17-10-5(2-3-6(13)9(10)12)8-4-7(11(15)16)14-18-8/h2-4H,1H3,(H,15,16). The monoisotopic (exact) mass is 271 g/mol. The summed E-state index contributed by atoms with van der Waals surface area (Å²) in [5, 5.41) is 11.9. The highest BCUT2D eigenvalue weighted by atomic mass is 35.5. The Morgan fingerprint density at radius 1 is 1.56 bits per heavy atom. The van der Waals surface area contributed by atoms with Crippen LogP contribution in [-0.2, 0) is 0 Å². The van der Waals surface area contributed by atoms with Crippen molar-refractivity contribution in [2.75, 3.05) is 7.11 Å². The molecule has 5 nitrogen and oxygen atoms in total. The van der Waals surface area contributed by atoms with E-state index in [9.17, 15) is 9.18 Å². The van der Waals surface area contributed by atoms with E-state index in [1.54, 1.807) is 0 Å². The van der Waals surface area contributed by atoms with Crippen LogP contribution in [0.2, 0.25) is 5.02 Å². The van der Waals surface area contributed by atoms with Gasteiger partial charge in [-0.15, -0.1) is 0 Å². The molecule has 0 spiro atoms. The van der Waals surface area contributed by atoms with Gasteiger partial charge >= 0.3 is 5.97 Å². The highest BCUT2D eigenvalue weighted by Gasteiger charge is 2.19. The van der Waals surface area contributed by atoms with Crippen LogP contribution in [-0.4, -0.2) is 23.3 Å². The molecule has 0 unspecified atom stereocenters. The van der Waals surface area contributed by atoms with Crippen molar-refractivity contribution in [2.24, 2.45) is 0 Å². The van der Waals surface area contributed by atoms with Crippen molar-refractivity contribution >= 4 is 17.6 Å². The third-order valence-corrected chi connectivity index (χ3v) is 2.60. The molecular formula is C11H7ClFNO4. The van der Waals surface area contributed by atoms with Gasteiger partial charge in [-0.05, 0) is 12.1 Å². The highest BCUT2D eigenvalue weighted by Crippen LogP contribution is 2.37. The summed E-state index contributed by atoms with van der Waals surface area (Å²) in [6, 6.07) is 3.70. The maximum Gasteiger partial charge on any atom is 0.358 e. The van der Waals surface area contributed by atoms with Crippen molar-refractivity contribution in [2.45, 2.75) is 0 Å². The van der Waals surface area contributed by atoms with Crippen molar-refractivity contribution in [3.8, 4) is 17.1 Å². The van der Waals surface area contributed by atoms with Crippen molar-refractivity contribution in [3.05, 3.63) is 34.7 Å². The first-order valence-electron chi connectivity index (χ1n) is 4.77. The van der Waals surface area contributed by atoms with Crippen molar-refractivity contribution in [1.82, 2.24) is 5.16 Å². The minimum absolute atomic E-state index is 0.0600. The van der Waals surface area contributed by atoms with Gasteiger partial charge < -0.3 is 14.4 Å². The molecule has 0 amide bonds. The lowest BCUT2D eigenvalue weighted by Crippen LogP contribution is -1.94. The first-order chi connectivity index (χ1) is 8.54. The quantitative estimate of drug-likeness (QED) is 0.929. The molecule has 0 fully saturated rings. The van der Waals surface area contributed by atoms with Crippen LogP contribution in [0.25, 0.3) is 11.3 Å². The smallest absolute Gasteiger partial charge is 0.358 e. The maximum atomic E-state index is 13.2. The Hall–Kier alpha value is -2.08. The minimum atomic E-state index is -1.22. The predicted octanol–water partition coefficient (Wildman–Crippen LogP) is 2.84. The number of carboxylic acid groups (broad SMARTS) is 1. The van der Waals surface area contributed by atoms with Crippen LogP contribution in [0.15, 0.2) is 22.7 Å². The number of halogens is 2. The van der Waals surface area contributed by atoms with E-state index in [0.29, 0.717) is 5.56 Å². The Morgan fingerprint density at radius 2 is 2.28 bits per heavy atom. The fourth-order valence-corrected chi connectivity index (χ4v) is 1.67. The molecule has 18 heavy (non-hydrogen) atoms. The van der Waals surface area contributed by atoms with Gasteiger partial charge in [0.1, 0.15) is 10.8 Å². The highest BCUT2D eigenvalue weighted by molar-refractivity contribution is 6.32. The van der Waals surface area contributed by atoms with Gasteiger partial charge in [0.2, 0.25) is 0 Å². The lowest BCUT2D eigenvalue weighted by Gasteiger charge is -2.07. The predicted molar refractivity (Wildman–Crippen MR) is 60.4 cm³/mol. The van der Waals surface area contributed by atoms with Crippen LogP contribution in [0.1, 0.15) is 10.5 Å². The van der Waals surface area contributed by atoms with E-state index < -0.39 is 11.8 Å². The molecule has 0 aliphatic rings. The maximum absolute atomic E-state index is 13.2. The van der Waals surface area contributed by atoms with Crippen LogP contribution < -0.4 is 4.74 Å². The molecule has 0 aliphatic carbocycles. The van der Waals surface area contributed by atoms with E-state index in [1.165, 1.54) is 19.2 Å². The molecule has 1 aromatic heterocycles. The van der Waals surface area contributed by atoms with Gasteiger partial charge in [0.05, 0.1) is 12.7 Å². The third kappa shape index (κ3) is 2.02. The average Bonchev–Trinajstić information content (AvgIpc) is 2.82. The molecule has 0 saturated carbocycles. The van der Waals surface area contributed by atoms with Crippen LogP contribution in [0.5, 0.6) is 5.75 Å². The number of aromatic nitrogens is 1. The van der Waals surface area contributed by atoms with Crippen LogP contribution >= 0.6 is 11.6 Å². The first kappa shape index (κ1) is 12.4. The number of carboxylic acids is 1. The van der Waals surface area contributed by atoms with Crippen LogP contribution in [0, 0.1) is 5.82 Å². The summed E-state index contributed by atoms with van der Waals surface area (Å²) < 4.78 is 23.1. The normalized spacial score (nSPS) is 10.4.